The first-order chi connectivity index (χ1) is 10.8. The van der Waals surface area contributed by atoms with Crippen LogP contribution in [0.5, 0.6) is 0 Å². The molecule has 0 saturated carbocycles. The van der Waals surface area contributed by atoms with Crippen LogP contribution in [0.15, 0.2) is 54.9 Å². The zero-order valence-corrected chi connectivity index (χ0v) is 13.2. The second kappa shape index (κ2) is 9.11. The Morgan fingerprint density at radius 1 is 1.14 bits per heavy atom. The molecule has 0 fully saturated rings. The lowest BCUT2D eigenvalue weighted by Crippen LogP contribution is -2.24. The number of Topliss-reactive ketones (excluding diaryl/α,β-unsaturated/α-hetero) is 1. The Bertz CT molecular complexity index is 554. The van der Waals surface area contributed by atoms with Crippen molar-refractivity contribution in [3.63, 3.8) is 0 Å². The van der Waals surface area contributed by atoms with E-state index in [-0.39, 0.29) is 5.78 Å². The van der Waals surface area contributed by atoms with Gasteiger partial charge in [-0.2, -0.15) is 0 Å². The number of nitrogens with zero attached hydrogens (tertiary/aromatic N) is 1. The van der Waals surface area contributed by atoms with Crippen molar-refractivity contribution in [2.75, 3.05) is 6.54 Å². The van der Waals surface area contributed by atoms with Crippen molar-refractivity contribution in [1.29, 1.82) is 0 Å². The number of carbonyl (C=O) groups excluding carboxylic acids is 1. The maximum absolute atomic E-state index is 12.1. The first kappa shape index (κ1) is 16.4. The largest absolute Gasteiger partial charge is 0.309 e. The Balaban J connectivity index is 1.87. The molecule has 0 spiro atoms. The number of unbranched alkanes of at least 4 members (excludes halogenated alkanes) is 1. The third kappa shape index (κ3) is 5.08. The maximum Gasteiger partial charge on any atom is 0.164 e. The smallest absolute Gasteiger partial charge is 0.164 e. The molecule has 0 aliphatic rings. The summed E-state index contributed by atoms with van der Waals surface area (Å²) in [5, 5.41) is 3.54. The number of nitrogens with one attached hydrogen (secondary N) is 1. The summed E-state index contributed by atoms with van der Waals surface area (Å²) in [6.45, 7) is 2.90. The zero-order chi connectivity index (χ0) is 15.6. The van der Waals surface area contributed by atoms with Gasteiger partial charge in [-0.25, -0.2) is 0 Å². The summed E-state index contributed by atoms with van der Waals surface area (Å²) in [4.78, 5) is 16.1. The Kier molecular flexibility index (Phi) is 6.78. The minimum atomic E-state index is 0.164. The van der Waals surface area contributed by atoms with Gasteiger partial charge in [-0.3, -0.25) is 9.78 Å². The number of aromatic nitrogens is 1. The number of benzene rings is 1. The molecule has 1 atom stereocenters. The summed E-state index contributed by atoms with van der Waals surface area (Å²) in [7, 11) is 0. The van der Waals surface area contributed by atoms with Crippen LogP contribution in [0, 0.1) is 0 Å². The van der Waals surface area contributed by atoms with Crippen molar-refractivity contribution in [1.82, 2.24) is 10.3 Å². The van der Waals surface area contributed by atoms with E-state index in [0.29, 0.717) is 19.0 Å². The molecule has 2 aromatic rings. The predicted octanol–water partition coefficient (Wildman–Crippen LogP) is 4.18. The molecule has 1 N–H and O–H groups in total. The number of hydrogen-bond acceptors (Lipinski definition) is 3. The summed E-state index contributed by atoms with van der Waals surface area (Å²) in [6.07, 6.45) is 7.30. The number of pyridine rings is 1. The molecule has 116 valence electrons. The fraction of sp³-hybridized carbons (Fsp3) is 0.368. The van der Waals surface area contributed by atoms with Gasteiger partial charge < -0.3 is 5.32 Å². The number of carbonyl (C=O) groups is 1. The van der Waals surface area contributed by atoms with E-state index in [1.165, 1.54) is 18.4 Å². The van der Waals surface area contributed by atoms with Crippen molar-refractivity contribution < 1.29 is 4.79 Å². The van der Waals surface area contributed by atoms with Gasteiger partial charge in [0.25, 0.3) is 0 Å². The van der Waals surface area contributed by atoms with E-state index in [9.17, 15) is 4.79 Å². The highest BCUT2D eigenvalue weighted by Gasteiger charge is 2.11. The number of rotatable bonds is 9. The van der Waals surface area contributed by atoms with Gasteiger partial charge in [-0.15, -0.1) is 0 Å². The molecule has 1 aromatic carbocycles. The van der Waals surface area contributed by atoms with E-state index in [0.717, 1.165) is 12.0 Å². The third-order valence-electron chi connectivity index (χ3n) is 3.79. The van der Waals surface area contributed by atoms with Gasteiger partial charge in [-0.05, 0) is 24.1 Å². The molecule has 1 heterocycles. The summed E-state index contributed by atoms with van der Waals surface area (Å²) in [6, 6.07) is 14.3. The molecular formula is C19H24N2O. The second-order valence-electron chi connectivity index (χ2n) is 5.47. The fourth-order valence-electron chi connectivity index (χ4n) is 2.52. The molecule has 3 heteroatoms. The van der Waals surface area contributed by atoms with Crippen LogP contribution in [-0.2, 0) is 0 Å². The Labute approximate surface area is 132 Å². The van der Waals surface area contributed by atoms with Crippen LogP contribution < -0.4 is 5.32 Å². The van der Waals surface area contributed by atoms with Crippen LogP contribution in [0.3, 0.4) is 0 Å². The van der Waals surface area contributed by atoms with Gasteiger partial charge in [0.2, 0.25) is 0 Å². The number of hydrogen-bond donors (Lipinski definition) is 1. The molecule has 22 heavy (non-hydrogen) atoms. The monoisotopic (exact) mass is 296 g/mol. The van der Waals surface area contributed by atoms with Crippen LogP contribution in [-0.4, -0.2) is 17.3 Å². The van der Waals surface area contributed by atoms with E-state index in [2.05, 4.69) is 41.5 Å². The van der Waals surface area contributed by atoms with Gasteiger partial charge >= 0.3 is 0 Å². The Morgan fingerprint density at radius 2 is 1.86 bits per heavy atom. The molecule has 0 amide bonds. The molecule has 3 nitrogen and oxygen atoms in total. The van der Waals surface area contributed by atoms with Crippen molar-refractivity contribution in [3.8, 4) is 0 Å². The van der Waals surface area contributed by atoms with Crippen molar-refractivity contribution in [3.05, 3.63) is 66.0 Å². The average molecular weight is 296 g/mol. The summed E-state index contributed by atoms with van der Waals surface area (Å²) in [5.41, 5.74) is 2.04. The Morgan fingerprint density at radius 3 is 2.55 bits per heavy atom. The second-order valence-corrected chi connectivity index (χ2v) is 5.47. The minimum absolute atomic E-state index is 0.164. The first-order valence-electron chi connectivity index (χ1n) is 8.03. The molecule has 2 rings (SSSR count). The van der Waals surface area contributed by atoms with E-state index in [4.69, 9.17) is 0 Å². The first-order valence-corrected chi connectivity index (χ1v) is 8.03. The fourth-order valence-corrected chi connectivity index (χ4v) is 2.52. The highest BCUT2D eigenvalue weighted by Crippen LogP contribution is 2.19. The lowest BCUT2D eigenvalue weighted by molar-refractivity contribution is 0.0981. The average Bonchev–Trinajstić information content (AvgIpc) is 2.59. The molecule has 0 saturated heterocycles. The lowest BCUT2D eigenvalue weighted by atomic mass is 10.0. The van der Waals surface area contributed by atoms with Gasteiger partial charge in [0.15, 0.2) is 5.78 Å². The molecule has 0 aliphatic heterocycles. The molecule has 0 aliphatic carbocycles. The lowest BCUT2D eigenvalue weighted by Gasteiger charge is -2.19. The van der Waals surface area contributed by atoms with E-state index in [1.807, 2.05) is 6.07 Å². The van der Waals surface area contributed by atoms with Crippen LogP contribution in [0.4, 0.5) is 0 Å². The third-order valence-corrected chi connectivity index (χ3v) is 3.79. The Hall–Kier alpha value is -2.00. The quantitative estimate of drug-likeness (QED) is 0.706. The summed E-state index contributed by atoms with van der Waals surface area (Å²) < 4.78 is 0. The van der Waals surface area contributed by atoms with Crippen LogP contribution in [0.25, 0.3) is 0 Å². The van der Waals surface area contributed by atoms with E-state index in [1.54, 1.807) is 24.5 Å². The highest BCUT2D eigenvalue weighted by molar-refractivity contribution is 5.95. The molecule has 1 unspecified atom stereocenters. The predicted molar refractivity (Wildman–Crippen MR) is 89.9 cm³/mol. The van der Waals surface area contributed by atoms with Gasteiger partial charge in [0.05, 0.1) is 0 Å². The van der Waals surface area contributed by atoms with Crippen LogP contribution >= 0.6 is 0 Å². The summed E-state index contributed by atoms with van der Waals surface area (Å²) >= 11 is 0. The van der Waals surface area contributed by atoms with E-state index < -0.39 is 0 Å². The van der Waals surface area contributed by atoms with E-state index >= 15 is 0 Å². The molecular weight excluding hydrogens is 272 g/mol. The van der Waals surface area contributed by atoms with Gasteiger partial charge in [0, 0.05) is 37.0 Å². The minimum Gasteiger partial charge on any atom is -0.309 e. The number of ketones is 1. The highest BCUT2D eigenvalue weighted by atomic mass is 16.1. The van der Waals surface area contributed by atoms with Crippen LogP contribution in [0.2, 0.25) is 0 Å². The standard InChI is InChI=1S/C19H24N2O/c1-2-3-9-18(16-7-5-4-6-8-16)21-15-12-19(22)17-10-13-20-14-11-17/h4-8,10-11,13-14,18,21H,2-3,9,12,15H2,1H3. The topological polar surface area (TPSA) is 42.0 Å². The normalized spacial score (nSPS) is 12.0. The molecule has 0 bridgehead atoms. The van der Waals surface area contributed by atoms with Crippen LogP contribution in [0.1, 0.15) is 54.6 Å². The molecule has 0 radical (unpaired) electrons. The van der Waals surface area contributed by atoms with Crippen molar-refractivity contribution >= 4 is 5.78 Å². The maximum atomic E-state index is 12.1. The van der Waals surface area contributed by atoms with Crippen molar-refractivity contribution in [2.45, 2.75) is 38.6 Å². The van der Waals surface area contributed by atoms with Gasteiger partial charge in [-0.1, -0.05) is 50.1 Å². The molecule has 1 aromatic heterocycles. The SMILES string of the molecule is CCCCC(NCCC(=O)c1ccncc1)c1ccccc1. The van der Waals surface area contributed by atoms with Crippen molar-refractivity contribution in [2.24, 2.45) is 0 Å². The zero-order valence-electron chi connectivity index (χ0n) is 13.2. The van der Waals surface area contributed by atoms with Gasteiger partial charge in [0.1, 0.15) is 0 Å². The summed E-state index contributed by atoms with van der Waals surface area (Å²) in [5.74, 6) is 0.164.